The topological polar surface area (TPSA) is 67.2 Å². The number of imidazole rings is 1. The van der Waals surface area contributed by atoms with Gasteiger partial charge in [0.15, 0.2) is 0 Å². The first-order valence-electron chi connectivity index (χ1n) is 11.1. The summed E-state index contributed by atoms with van der Waals surface area (Å²) in [7, 11) is 0. The summed E-state index contributed by atoms with van der Waals surface area (Å²) >= 11 is -0.143. The summed E-state index contributed by atoms with van der Waals surface area (Å²) in [6.45, 7) is 4.50. The second kappa shape index (κ2) is 9.74. The van der Waals surface area contributed by atoms with E-state index in [-0.39, 0.29) is 22.7 Å². The number of thioether (sulfide) groups is 1. The van der Waals surface area contributed by atoms with Gasteiger partial charge in [0.25, 0.3) is 0 Å². The van der Waals surface area contributed by atoms with Crippen molar-refractivity contribution in [1.82, 2.24) is 9.55 Å². The van der Waals surface area contributed by atoms with E-state index in [1.54, 1.807) is 12.1 Å². The van der Waals surface area contributed by atoms with E-state index in [9.17, 15) is 18.0 Å². The quantitative estimate of drug-likeness (QED) is 0.277. The Balaban J connectivity index is 1.70. The van der Waals surface area contributed by atoms with Crippen LogP contribution >= 0.6 is 11.8 Å². The molecule has 0 aliphatic heterocycles. The molecule has 9 heteroatoms. The van der Waals surface area contributed by atoms with Crippen LogP contribution in [0.15, 0.2) is 53.4 Å². The zero-order valence-electron chi connectivity index (χ0n) is 18.8. The Labute approximate surface area is 200 Å². The van der Waals surface area contributed by atoms with Crippen LogP contribution in [0.5, 0.6) is 0 Å². The highest BCUT2D eigenvalue weighted by Crippen LogP contribution is 2.41. The van der Waals surface area contributed by atoms with Gasteiger partial charge in [0, 0.05) is 22.7 Å². The third-order valence-corrected chi connectivity index (χ3v) is 6.73. The summed E-state index contributed by atoms with van der Waals surface area (Å²) in [6, 6.07) is 12.0. The molecule has 34 heavy (non-hydrogen) atoms. The Hall–Kier alpha value is -2.94. The number of aromatic nitrogens is 2. The molecular formula is C25H26F3N3O2S. The van der Waals surface area contributed by atoms with Crippen molar-refractivity contribution in [2.45, 2.75) is 49.6 Å². The number of nitrogens with one attached hydrogen (secondary N) is 1. The molecule has 1 aromatic heterocycles. The molecule has 0 amide bonds. The lowest BCUT2D eigenvalue weighted by Crippen LogP contribution is -2.23. The van der Waals surface area contributed by atoms with Gasteiger partial charge in [-0.25, -0.2) is 9.78 Å². The van der Waals surface area contributed by atoms with Crippen LogP contribution < -0.4 is 5.32 Å². The number of benzene rings is 2. The van der Waals surface area contributed by atoms with Crippen molar-refractivity contribution in [3.8, 4) is 0 Å². The lowest BCUT2D eigenvalue weighted by Gasteiger charge is -2.33. The summed E-state index contributed by atoms with van der Waals surface area (Å²) in [6.07, 6.45) is 5.80. The first-order chi connectivity index (χ1) is 16.1. The fourth-order valence-corrected chi connectivity index (χ4v) is 5.37. The number of carbonyl (C=O) groups is 1. The number of rotatable bonds is 6. The standard InChI is InChI=1S/C25H26F3N3O2S/c1-15-11-16(2)13-19(12-15)31-22-9-3-17(4-10-23(32)33)14-21(22)30-24(31)29-18-5-7-20(8-6-18)34-25(26,27)28/h3-10,14-16,19H,11-13H2,1-2H3,(H,29,30)(H,32,33)/b10-4+. The van der Waals surface area contributed by atoms with Crippen LogP contribution in [0.4, 0.5) is 24.8 Å². The normalized spacial score (nSPS) is 21.3. The van der Waals surface area contributed by atoms with Crippen LogP contribution in [0.1, 0.15) is 44.7 Å². The van der Waals surface area contributed by atoms with Crippen LogP contribution in [0.25, 0.3) is 17.1 Å². The molecule has 1 heterocycles. The molecule has 0 saturated heterocycles. The Morgan fingerprint density at radius 2 is 1.79 bits per heavy atom. The first kappa shape index (κ1) is 24.2. The minimum absolute atomic E-state index is 0.122. The molecule has 1 saturated carbocycles. The van der Waals surface area contributed by atoms with Gasteiger partial charge in [0.1, 0.15) is 0 Å². The van der Waals surface area contributed by atoms with Crippen molar-refractivity contribution in [2.24, 2.45) is 11.8 Å². The molecule has 1 aliphatic carbocycles. The molecule has 5 nitrogen and oxygen atoms in total. The van der Waals surface area contributed by atoms with Crippen molar-refractivity contribution in [3.63, 3.8) is 0 Å². The number of carboxylic acid groups (broad SMARTS) is 1. The second-order valence-electron chi connectivity index (χ2n) is 8.99. The molecule has 1 aliphatic rings. The molecule has 1 fully saturated rings. The number of alkyl halides is 3. The van der Waals surface area contributed by atoms with E-state index in [1.165, 1.54) is 24.6 Å². The van der Waals surface area contributed by atoms with Crippen molar-refractivity contribution in [1.29, 1.82) is 0 Å². The number of carboxylic acids is 1. The Morgan fingerprint density at radius 3 is 2.41 bits per heavy atom. The third kappa shape index (κ3) is 5.94. The predicted molar refractivity (Wildman–Crippen MR) is 129 cm³/mol. The van der Waals surface area contributed by atoms with E-state index >= 15 is 0 Å². The lowest BCUT2D eigenvalue weighted by molar-refractivity contribution is -0.131. The van der Waals surface area contributed by atoms with E-state index in [0.717, 1.165) is 35.5 Å². The largest absolute Gasteiger partial charge is 0.478 e. The fraction of sp³-hybridized carbons (Fsp3) is 0.360. The van der Waals surface area contributed by atoms with Gasteiger partial charge < -0.3 is 15.0 Å². The van der Waals surface area contributed by atoms with E-state index in [0.29, 0.717) is 23.5 Å². The highest BCUT2D eigenvalue weighted by molar-refractivity contribution is 8.00. The highest BCUT2D eigenvalue weighted by Gasteiger charge is 2.30. The zero-order valence-corrected chi connectivity index (χ0v) is 19.7. The number of halogens is 3. The Bertz CT molecular complexity index is 1190. The van der Waals surface area contributed by atoms with E-state index in [4.69, 9.17) is 10.1 Å². The molecule has 3 aromatic rings. The van der Waals surface area contributed by atoms with Gasteiger partial charge in [-0.2, -0.15) is 13.2 Å². The zero-order chi connectivity index (χ0) is 24.5. The maximum atomic E-state index is 12.7. The van der Waals surface area contributed by atoms with Crippen LogP contribution in [0, 0.1) is 11.8 Å². The number of aliphatic carboxylic acids is 1. The predicted octanol–water partition coefficient (Wildman–Crippen LogP) is 7.49. The van der Waals surface area contributed by atoms with Crippen LogP contribution in [-0.4, -0.2) is 26.1 Å². The highest BCUT2D eigenvalue weighted by atomic mass is 32.2. The molecular weight excluding hydrogens is 463 g/mol. The van der Waals surface area contributed by atoms with Crippen LogP contribution in [0.2, 0.25) is 0 Å². The molecule has 2 N–H and O–H groups in total. The monoisotopic (exact) mass is 489 g/mol. The minimum Gasteiger partial charge on any atom is -0.478 e. The van der Waals surface area contributed by atoms with Gasteiger partial charge in [-0.3, -0.25) is 0 Å². The van der Waals surface area contributed by atoms with Crippen molar-refractivity contribution >= 4 is 46.5 Å². The first-order valence-corrected chi connectivity index (χ1v) is 11.9. The van der Waals surface area contributed by atoms with Crippen molar-refractivity contribution in [2.75, 3.05) is 5.32 Å². The third-order valence-electron chi connectivity index (χ3n) is 5.99. The summed E-state index contributed by atoms with van der Waals surface area (Å²) < 4.78 is 40.2. The van der Waals surface area contributed by atoms with E-state index in [1.807, 2.05) is 18.2 Å². The van der Waals surface area contributed by atoms with Crippen molar-refractivity contribution < 1.29 is 23.1 Å². The van der Waals surface area contributed by atoms with Gasteiger partial charge in [0.05, 0.1) is 11.0 Å². The van der Waals surface area contributed by atoms with E-state index in [2.05, 4.69) is 23.7 Å². The molecule has 0 bridgehead atoms. The molecule has 0 radical (unpaired) electrons. The van der Waals surface area contributed by atoms with Gasteiger partial charge in [-0.15, -0.1) is 0 Å². The van der Waals surface area contributed by atoms with Crippen LogP contribution in [0.3, 0.4) is 0 Å². The maximum Gasteiger partial charge on any atom is 0.446 e. The minimum atomic E-state index is -4.33. The molecule has 2 aromatic carbocycles. The van der Waals surface area contributed by atoms with E-state index < -0.39 is 11.5 Å². The molecule has 2 atom stereocenters. The summed E-state index contributed by atoms with van der Waals surface area (Å²) in [5.41, 5.74) is -1.30. The van der Waals surface area contributed by atoms with Crippen LogP contribution in [-0.2, 0) is 4.79 Å². The number of nitrogens with zero attached hydrogens (tertiary/aromatic N) is 2. The van der Waals surface area contributed by atoms with Crippen molar-refractivity contribution in [3.05, 3.63) is 54.1 Å². The molecule has 4 rings (SSSR count). The second-order valence-corrected chi connectivity index (χ2v) is 10.1. The fourth-order valence-electron chi connectivity index (χ4n) is 4.83. The summed E-state index contributed by atoms with van der Waals surface area (Å²) in [5, 5.41) is 12.2. The van der Waals surface area contributed by atoms with Gasteiger partial charge in [-0.05, 0) is 90.9 Å². The molecule has 180 valence electrons. The van der Waals surface area contributed by atoms with Gasteiger partial charge >= 0.3 is 11.5 Å². The SMILES string of the molecule is CC1CC(C)CC(n2c(Nc3ccc(SC(F)(F)F)cc3)nc3cc(/C=C/C(=O)O)ccc32)C1. The Kier molecular flexibility index (Phi) is 6.93. The maximum absolute atomic E-state index is 12.7. The lowest BCUT2D eigenvalue weighted by atomic mass is 9.80. The van der Waals surface area contributed by atoms with Gasteiger partial charge in [-0.1, -0.05) is 19.9 Å². The summed E-state index contributed by atoms with van der Waals surface area (Å²) in [4.78, 5) is 15.8. The number of hydrogen-bond acceptors (Lipinski definition) is 4. The average Bonchev–Trinajstić information content (AvgIpc) is 3.09. The summed E-state index contributed by atoms with van der Waals surface area (Å²) in [5.74, 6) is 0.730. The Morgan fingerprint density at radius 1 is 1.12 bits per heavy atom. The number of fused-ring (bicyclic) bond motifs is 1. The average molecular weight is 490 g/mol. The smallest absolute Gasteiger partial charge is 0.446 e. The van der Waals surface area contributed by atoms with Gasteiger partial charge in [0.2, 0.25) is 5.95 Å². The number of hydrogen-bond donors (Lipinski definition) is 2. The number of anilines is 2. The molecule has 2 unspecified atom stereocenters. The molecule has 0 spiro atoms.